The van der Waals surface area contributed by atoms with Gasteiger partial charge in [0.1, 0.15) is 0 Å². The van der Waals surface area contributed by atoms with Crippen molar-refractivity contribution in [2.24, 2.45) is 0 Å². The van der Waals surface area contributed by atoms with Crippen molar-refractivity contribution in [3.63, 3.8) is 0 Å². The molecule has 0 aliphatic rings. The lowest BCUT2D eigenvalue weighted by molar-refractivity contribution is 1.14. The van der Waals surface area contributed by atoms with Gasteiger partial charge < -0.3 is 0 Å². The van der Waals surface area contributed by atoms with Gasteiger partial charge in [-0.3, -0.25) is 0 Å². The maximum atomic E-state index is 6.21. The van der Waals surface area contributed by atoms with Crippen LogP contribution < -0.4 is 0 Å². The number of benzene rings is 2. The molecule has 0 amide bonds. The van der Waals surface area contributed by atoms with Gasteiger partial charge >= 0.3 is 0 Å². The van der Waals surface area contributed by atoms with Gasteiger partial charge in [0.15, 0.2) is 0 Å². The third kappa shape index (κ3) is 2.23. The van der Waals surface area contributed by atoms with Gasteiger partial charge in [-0.05, 0) is 29.7 Å². The van der Waals surface area contributed by atoms with Crippen molar-refractivity contribution >= 4 is 23.2 Å². The highest BCUT2D eigenvalue weighted by Crippen LogP contribution is 2.32. The molecule has 0 N–H and O–H groups in total. The molecule has 0 unspecified atom stereocenters. The fourth-order valence-corrected chi connectivity index (χ4v) is 2.31. The van der Waals surface area contributed by atoms with Crippen molar-refractivity contribution in [2.75, 3.05) is 0 Å². The fraction of sp³-hybridized carbons (Fsp3) is 0.143. The highest BCUT2D eigenvalue weighted by molar-refractivity contribution is 6.36. The predicted molar refractivity (Wildman–Crippen MR) is 71.3 cm³/mol. The van der Waals surface area contributed by atoms with Crippen LogP contribution in [-0.2, 0) is 6.42 Å². The van der Waals surface area contributed by atoms with Crippen molar-refractivity contribution in [3.05, 3.63) is 58.1 Å². The van der Waals surface area contributed by atoms with Gasteiger partial charge in [-0.1, -0.05) is 60.5 Å². The number of rotatable bonds is 2. The summed E-state index contributed by atoms with van der Waals surface area (Å²) in [6.45, 7) is 2.14. The van der Waals surface area contributed by atoms with Gasteiger partial charge in [0.25, 0.3) is 0 Å². The van der Waals surface area contributed by atoms with Gasteiger partial charge in [-0.25, -0.2) is 0 Å². The summed E-state index contributed by atoms with van der Waals surface area (Å²) >= 11 is 12.1. The minimum Gasteiger partial charge on any atom is -0.0843 e. The third-order valence-electron chi connectivity index (χ3n) is 2.62. The zero-order chi connectivity index (χ0) is 11.5. The maximum Gasteiger partial charge on any atom is 0.0499 e. The van der Waals surface area contributed by atoms with Gasteiger partial charge in [0.2, 0.25) is 0 Å². The van der Waals surface area contributed by atoms with Crippen molar-refractivity contribution in [1.29, 1.82) is 0 Å². The molecule has 0 aliphatic heterocycles. The molecule has 0 spiro atoms. The first-order valence-corrected chi connectivity index (χ1v) is 6.01. The van der Waals surface area contributed by atoms with Gasteiger partial charge in [0, 0.05) is 15.6 Å². The third-order valence-corrected chi connectivity index (χ3v) is 3.17. The van der Waals surface area contributed by atoms with E-state index in [-0.39, 0.29) is 0 Å². The van der Waals surface area contributed by atoms with Crippen LogP contribution in [0.2, 0.25) is 10.0 Å². The predicted octanol–water partition coefficient (Wildman–Crippen LogP) is 5.22. The van der Waals surface area contributed by atoms with Crippen LogP contribution >= 0.6 is 23.2 Å². The summed E-state index contributed by atoms with van der Waals surface area (Å²) in [6, 6.07) is 13.9. The van der Waals surface area contributed by atoms with Gasteiger partial charge in [0.05, 0.1) is 0 Å². The summed E-state index contributed by atoms with van der Waals surface area (Å²) in [7, 11) is 0. The van der Waals surface area contributed by atoms with Crippen LogP contribution in [-0.4, -0.2) is 0 Å². The maximum absolute atomic E-state index is 6.21. The summed E-state index contributed by atoms with van der Waals surface area (Å²) in [5.41, 5.74) is 3.53. The van der Waals surface area contributed by atoms with E-state index >= 15 is 0 Å². The molecule has 0 fully saturated rings. The lowest BCUT2D eigenvalue weighted by Gasteiger charge is -2.09. The van der Waals surface area contributed by atoms with E-state index in [0.717, 1.165) is 12.0 Å². The molecule has 0 nitrogen and oxygen atoms in total. The van der Waals surface area contributed by atoms with Crippen LogP contribution in [0.1, 0.15) is 12.5 Å². The normalized spacial score (nSPS) is 10.4. The molecule has 16 heavy (non-hydrogen) atoms. The highest BCUT2D eigenvalue weighted by atomic mass is 35.5. The van der Waals surface area contributed by atoms with Crippen molar-refractivity contribution in [2.45, 2.75) is 13.3 Å². The molecule has 2 heteroatoms. The first-order valence-electron chi connectivity index (χ1n) is 5.25. The highest BCUT2D eigenvalue weighted by Gasteiger charge is 2.07. The summed E-state index contributed by atoms with van der Waals surface area (Å²) in [5.74, 6) is 0. The average molecular weight is 251 g/mol. The van der Waals surface area contributed by atoms with Crippen molar-refractivity contribution in [1.82, 2.24) is 0 Å². The first kappa shape index (κ1) is 11.5. The van der Waals surface area contributed by atoms with Crippen LogP contribution in [0.25, 0.3) is 11.1 Å². The second-order valence-corrected chi connectivity index (χ2v) is 4.48. The molecule has 2 rings (SSSR count). The minimum atomic E-state index is 0.669. The Morgan fingerprint density at radius 1 is 0.938 bits per heavy atom. The molecular formula is C14H12Cl2. The van der Waals surface area contributed by atoms with E-state index in [2.05, 4.69) is 19.1 Å². The van der Waals surface area contributed by atoms with Crippen molar-refractivity contribution in [3.8, 4) is 11.1 Å². The zero-order valence-electron chi connectivity index (χ0n) is 9.00. The van der Waals surface area contributed by atoms with Crippen molar-refractivity contribution < 1.29 is 0 Å². The summed E-state index contributed by atoms with van der Waals surface area (Å²) in [4.78, 5) is 0. The molecule has 82 valence electrons. The van der Waals surface area contributed by atoms with Crippen LogP contribution in [0.15, 0.2) is 42.5 Å². The van der Waals surface area contributed by atoms with Crippen LogP contribution in [0.5, 0.6) is 0 Å². The van der Waals surface area contributed by atoms with Crippen LogP contribution in [0.3, 0.4) is 0 Å². The molecule has 0 heterocycles. The molecule has 0 aliphatic carbocycles. The van der Waals surface area contributed by atoms with E-state index in [1.165, 1.54) is 11.1 Å². The smallest absolute Gasteiger partial charge is 0.0499 e. The molecular weight excluding hydrogens is 239 g/mol. The van der Waals surface area contributed by atoms with E-state index in [0.29, 0.717) is 10.0 Å². The molecule has 0 radical (unpaired) electrons. The molecule has 0 saturated heterocycles. The molecule has 2 aromatic carbocycles. The Labute approximate surface area is 106 Å². The van der Waals surface area contributed by atoms with E-state index in [1.54, 1.807) is 6.07 Å². The lowest BCUT2D eigenvalue weighted by Crippen LogP contribution is -1.87. The van der Waals surface area contributed by atoms with E-state index in [1.807, 2.05) is 24.3 Å². The summed E-state index contributed by atoms with van der Waals surface area (Å²) < 4.78 is 0. The fourth-order valence-electron chi connectivity index (χ4n) is 1.80. The Hall–Kier alpha value is -0.980. The van der Waals surface area contributed by atoms with Crippen LogP contribution in [0.4, 0.5) is 0 Å². The second kappa shape index (κ2) is 4.90. The Bertz CT molecular complexity index is 504. The quantitative estimate of drug-likeness (QED) is 0.686. The SMILES string of the molecule is CCc1ccccc1-c1ccc(Cl)cc1Cl. The molecule has 0 atom stereocenters. The zero-order valence-corrected chi connectivity index (χ0v) is 10.5. The first-order chi connectivity index (χ1) is 7.72. The summed E-state index contributed by atoms with van der Waals surface area (Å²) in [6.07, 6.45) is 0.995. The Balaban J connectivity index is 2.58. The number of hydrogen-bond donors (Lipinski definition) is 0. The molecule has 0 saturated carbocycles. The largest absolute Gasteiger partial charge is 0.0843 e. The Morgan fingerprint density at radius 3 is 2.38 bits per heavy atom. The standard InChI is InChI=1S/C14H12Cl2/c1-2-10-5-3-4-6-12(10)13-8-7-11(15)9-14(13)16/h3-9H,2H2,1H3. The van der Waals surface area contributed by atoms with E-state index in [9.17, 15) is 0 Å². The number of hydrogen-bond acceptors (Lipinski definition) is 0. The van der Waals surface area contributed by atoms with Crippen LogP contribution in [0, 0.1) is 0 Å². The topological polar surface area (TPSA) is 0 Å². The van der Waals surface area contributed by atoms with Gasteiger partial charge in [-0.15, -0.1) is 0 Å². The summed E-state index contributed by atoms with van der Waals surface area (Å²) in [5, 5.41) is 1.37. The van der Waals surface area contributed by atoms with Gasteiger partial charge in [-0.2, -0.15) is 0 Å². The molecule has 2 aromatic rings. The second-order valence-electron chi connectivity index (χ2n) is 3.63. The molecule has 0 bridgehead atoms. The average Bonchev–Trinajstić information content (AvgIpc) is 2.29. The van der Waals surface area contributed by atoms with E-state index in [4.69, 9.17) is 23.2 Å². The Kier molecular flexibility index (Phi) is 3.52. The lowest BCUT2D eigenvalue weighted by atomic mass is 9.98. The number of halogens is 2. The monoisotopic (exact) mass is 250 g/mol. The molecule has 0 aromatic heterocycles. The minimum absolute atomic E-state index is 0.669. The Morgan fingerprint density at radius 2 is 1.69 bits per heavy atom. The number of aryl methyl sites for hydroxylation is 1. The van der Waals surface area contributed by atoms with E-state index < -0.39 is 0 Å².